The van der Waals surface area contributed by atoms with E-state index in [0.717, 1.165) is 4.68 Å². The van der Waals surface area contributed by atoms with Crippen molar-refractivity contribution < 1.29 is 18.4 Å². The molecule has 0 aliphatic carbocycles. The van der Waals surface area contributed by atoms with Crippen LogP contribution < -0.4 is 16.4 Å². The van der Waals surface area contributed by atoms with Gasteiger partial charge in [0.1, 0.15) is 6.54 Å². The molecule has 2 rings (SSSR count). The lowest BCUT2D eigenvalue weighted by Crippen LogP contribution is -2.42. The van der Waals surface area contributed by atoms with E-state index in [4.69, 9.17) is 8.83 Å². The normalized spacial score (nSPS) is 10.1. The smallest absolute Gasteiger partial charge is 0.437 e. The van der Waals surface area contributed by atoms with E-state index in [-0.39, 0.29) is 18.2 Å². The van der Waals surface area contributed by atoms with Gasteiger partial charge in [-0.1, -0.05) is 6.08 Å². The van der Waals surface area contributed by atoms with Crippen LogP contribution in [0, 0.1) is 0 Å². The zero-order valence-electron chi connectivity index (χ0n) is 10.9. The molecule has 0 unspecified atom stereocenters. The van der Waals surface area contributed by atoms with Gasteiger partial charge in [-0.2, -0.15) is 4.68 Å². The van der Waals surface area contributed by atoms with Gasteiger partial charge in [0, 0.05) is 6.54 Å². The minimum Gasteiger partial charge on any atom is -0.459 e. The molecule has 3 amide bonds. The van der Waals surface area contributed by atoms with E-state index in [1.165, 1.54) is 12.3 Å². The number of furan rings is 1. The van der Waals surface area contributed by atoms with Gasteiger partial charge in [0.2, 0.25) is 5.91 Å². The fourth-order valence-electron chi connectivity index (χ4n) is 1.42. The topological polar surface area (TPSA) is 119 Å². The van der Waals surface area contributed by atoms with Crippen molar-refractivity contribution in [2.24, 2.45) is 0 Å². The summed E-state index contributed by atoms with van der Waals surface area (Å²) in [5.41, 5.74) is 0. The van der Waals surface area contributed by atoms with Crippen molar-refractivity contribution >= 4 is 11.9 Å². The summed E-state index contributed by atoms with van der Waals surface area (Å²) in [5, 5.41) is 8.19. The number of rotatable bonds is 5. The Morgan fingerprint density at radius 2 is 2.29 bits per heavy atom. The molecule has 0 aliphatic rings. The monoisotopic (exact) mass is 292 g/mol. The van der Waals surface area contributed by atoms with E-state index in [0.29, 0.717) is 0 Å². The largest absolute Gasteiger partial charge is 0.459 e. The number of carbonyl (C=O) groups excluding carboxylic acids is 2. The molecule has 2 heterocycles. The van der Waals surface area contributed by atoms with Crippen molar-refractivity contribution in [2.45, 2.75) is 6.54 Å². The Labute approximate surface area is 118 Å². The molecule has 2 aromatic rings. The summed E-state index contributed by atoms with van der Waals surface area (Å²) < 4.78 is 10.6. The highest BCUT2D eigenvalue weighted by molar-refractivity contribution is 5.94. The van der Waals surface area contributed by atoms with E-state index in [1.807, 2.05) is 5.32 Å². The van der Waals surface area contributed by atoms with Crippen molar-refractivity contribution in [2.75, 3.05) is 6.54 Å². The van der Waals surface area contributed by atoms with Gasteiger partial charge in [-0.15, -0.1) is 11.7 Å². The number of aromatic nitrogens is 2. The Balaban J connectivity index is 2.00. The molecule has 0 saturated heterocycles. The van der Waals surface area contributed by atoms with Gasteiger partial charge in [0.05, 0.1) is 6.26 Å². The quantitative estimate of drug-likeness (QED) is 0.755. The predicted molar refractivity (Wildman–Crippen MR) is 70.2 cm³/mol. The molecule has 0 aliphatic heterocycles. The molecule has 0 aromatic carbocycles. The van der Waals surface area contributed by atoms with E-state index >= 15 is 0 Å². The van der Waals surface area contributed by atoms with Crippen LogP contribution in [0.4, 0.5) is 4.79 Å². The van der Waals surface area contributed by atoms with Gasteiger partial charge >= 0.3 is 11.8 Å². The van der Waals surface area contributed by atoms with E-state index in [2.05, 4.69) is 17.0 Å². The molecule has 110 valence electrons. The number of nitrogens with one attached hydrogen (secondary N) is 2. The first-order chi connectivity index (χ1) is 10.1. The molecule has 0 atom stereocenters. The Morgan fingerprint density at radius 1 is 1.48 bits per heavy atom. The minimum atomic E-state index is -0.831. The van der Waals surface area contributed by atoms with Crippen LogP contribution in [0.3, 0.4) is 0 Å². The van der Waals surface area contributed by atoms with Crippen LogP contribution in [0.15, 0.2) is 44.7 Å². The van der Waals surface area contributed by atoms with Gasteiger partial charge in [0.25, 0.3) is 5.89 Å². The van der Waals surface area contributed by atoms with Crippen LogP contribution in [0.25, 0.3) is 11.7 Å². The highest BCUT2D eigenvalue weighted by atomic mass is 16.4. The lowest BCUT2D eigenvalue weighted by atomic mass is 10.5. The van der Waals surface area contributed by atoms with E-state index in [9.17, 15) is 14.4 Å². The number of hydrogen-bond donors (Lipinski definition) is 2. The maximum absolute atomic E-state index is 11.6. The molecule has 2 N–H and O–H groups in total. The number of amides is 3. The number of nitrogens with zero attached hydrogens (tertiary/aromatic N) is 2. The second-order valence-corrected chi connectivity index (χ2v) is 3.85. The predicted octanol–water partition coefficient (Wildman–Crippen LogP) is 0.108. The third kappa shape index (κ3) is 3.69. The summed E-state index contributed by atoms with van der Waals surface area (Å²) in [7, 11) is 0. The molecular formula is C12H12N4O5. The maximum Gasteiger partial charge on any atom is 0.437 e. The summed E-state index contributed by atoms with van der Waals surface area (Å²) in [6.45, 7) is 3.17. The fourth-order valence-corrected chi connectivity index (χ4v) is 1.42. The van der Waals surface area contributed by atoms with Gasteiger partial charge in [-0.25, -0.2) is 9.59 Å². The van der Waals surface area contributed by atoms with Crippen LogP contribution in [0.2, 0.25) is 0 Å². The van der Waals surface area contributed by atoms with Crippen molar-refractivity contribution in [1.82, 2.24) is 20.4 Å². The first-order valence-electron chi connectivity index (χ1n) is 5.90. The average molecular weight is 292 g/mol. The van der Waals surface area contributed by atoms with Crippen LogP contribution in [-0.4, -0.2) is 28.3 Å². The van der Waals surface area contributed by atoms with Crippen molar-refractivity contribution in [1.29, 1.82) is 0 Å². The van der Waals surface area contributed by atoms with Gasteiger partial charge in [-0.05, 0) is 12.1 Å². The Kier molecular flexibility index (Phi) is 4.34. The highest BCUT2D eigenvalue weighted by Gasteiger charge is 2.15. The second kappa shape index (κ2) is 6.37. The summed E-state index contributed by atoms with van der Waals surface area (Å²) in [6, 6.07) is 2.46. The third-order valence-corrected chi connectivity index (χ3v) is 2.29. The Bertz CT molecular complexity index is 698. The summed E-state index contributed by atoms with van der Waals surface area (Å²) in [6.07, 6.45) is 2.85. The van der Waals surface area contributed by atoms with Crippen LogP contribution in [-0.2, 0) is 11.3 Å². The van der Waals surface area contributed by atoms with Crippen molar-refractivity contribution in [3.05, 3.63) is 41.6 Å². The zero-order chi connectivity index (χ0) is 15.2. The average Bonchev–Trinajstić information content (AvgIpc) is 3.07. The minimum absolute atomic E-state index is 0.0473. The molecule has 0 fully saturated rings. The molecule has 9 nitrogen and oxygen atoms in total. The summed E-state index contributed by atoms with van der Waals surface area (Å²) in [5.74, 6) is -1.33. The highest BCUT2D eigenvalue weighted by Crippen LogP contribution is 2.14. The molecule has 0 radical (unpaired) electrons. The first-order valence-corrected chi connectivity index (χ1v) is 5.90. The molecule has 2 aromatic heterocycles. The fraction of sp³-hybridized carbons (Fsp3) is 0.167. The standard InChI is InChI=1S/C12H12N4O5/c1-2-5-13-11(18)14-9(17)7-16-12(19)21-10(15-16)8-4-3-6-20-8/h2-4,6H,1,5,7H2,(H2,13,14,17,18). The van der Waals surface area contributed by atoms with Gasteiger partial charge in [-0.3, -0.25) is 10.1 Å². The molecular weight excluding hydrogens is 280 g/mol. The van der Waals surface area contributed by atoms with E-state index in [1.54, 1.807) is 12.1 Å². The van der Waals surface area contributed by atoms with Crippen molar-refractivity contribution in [3.63, 3.8) is 0 Å². The first kappa shape index (κ1) is 14.3. The molecule has 0 saturated carbocycles. The van der Waals surface area contributed by atoms with Gasteiger partial charge in [0.15, 0.2) is 5.76 Å². The SMILES string of the molecule is C=CCNC(=O)NC(=O)Cn1nc(-c2ccco2)oc1=O. The lowest BCUT2D eigenvalue weighted by Gasteiger charge is -2.03. The summed E-state index contributed by atoms with van der Waals surface area (Å²) in [4.78, 5) is 34.3. The molecule has 0 spiro atoms. The number of hydrogen-bond acceptors (Lipinski definition) is 6. The zero-order valence-corrected chi connectivity index (χ0v) is 10.9. The second-order valence-electron chi connectivity index (χ2n) is 3.85. The maximum atomic E-state index is 11.6. The third-order valence-electron chi connectivity index (χ3n) is 2.29. The molecule has 21 heavy (non-hydrogen) atoms. The Morgan fingerprint density at radius 3 is 2.95 bits per heavy atom. The summed E-state index contributed by atoms with van der Waals surface area (Å²) >= 11 is 0. The van der Waals surface area contributed by atoms with Crippen LogP contribution >= 0.6 is 0 Å². The Hall–Kier alpha value is -3.10. The number of urea groups is 1. The number of imide groups is 1. The number of carbonyl (C=O) groups is 2. The van der Waals surface area contributed by atoms with Crippen molar-refractivity contribution in [3.8, 4) is 11.7 Å². The van der Waals surface area contributed by atoms with Crippen LogP contribution in [0.1, 0.15) is 0 Å². The van der Waals surface area contributed by atoms with Crippen LogP contribution in [0.5, 0.6) is 0 Å². The lowest BCUT2D eigenvalue weighted by molar-refractivity contribution is -0.120. The van der Waals surface area contributed by atoms with E-state index < -0.39 is 24.2 Å². The van der Waals surface area contributed by atoms with Gasteiger partial charge < -0.3 is 14.2 Å². The molecule has 9 heteroatoms. The molecule has 0 bridgehead atoms.